The lowest BCUT2D eigenvalue weighted by atomic mass is 9.53. The number of fused-ring (bicyclic) bond motifs is 1. The zero-order valence-electron chi connectivity index (χ0n) is 22.2. The summed E-state index contributed by atoms with van der Waals surface area (Å²) in [5.74, 6) is 2.38. The van der Waals surface area contributed by atoms with Crippen molar-refractivity contribution in [3.05, 3.63) is 34.9 Å². The molecule has 4 bridgehead atoms. The van der Waals surface area contributed by atoms with E-state index in [1.54, 1.807) is 4.90 Å². The molecule has 6 heteroatoms. The predicted octanol–water partition coefficient (Wildman–Crippen LogP) is 4.89. The van der Waals surface area contributed by atoms with Crippen LogP contribution in [0.5, 0.6) is 0 Å². The van der Waals surface area contributed by atoms with E-state index in [-0.39, 0.29) is 17.7 Å². The van der Waals surface area contributed by atoms with Crippen LogP contribution in [0.3, 0.4) is 0 Å². The molecular formula is C31H43N3O3. The first kappa shape index (κ1) is 25.1. The van der Waals surface area contributed by atoms with Gasteiger partial charge in [0.15, 0.2) is 0 Å². The van der Waals surface area contributed by atoms with E-state index >= 15 is 0 Å². The first-order chi connectivity index (χ1) is 18.0. The van der Waals surface area contributed by atoms with Gasteiger partial charge in [0.25, 0.3) is 5.91 Å². The van der Waals surface area contributed by atoms with Crippen molar-refractivity contribution in [2.75, 3.05) is 6.54 Å². The van der Waals surface area contributed by atoms with Crippen molar-refractivity contribution in [1.82, 2.24) is 15.5 Å². The number of amides is 3. The Morgan fingerprint density at radius 3 is 2.27 bits per heavy atom. The smallest absolute Gasteiger partial charge is 0.255 e. The molecule has 1 saturated heterocycles. The summed E-state index contributed by atoms with van der Waals surface area (Å²) in [5.41, 5.74) is 3.50. The Balaban J connectivity index is 0.871. The minimum absolute atomic E-state index is 0.0891. The molecule has 1 unspecified atom stereocenters. The minimum atomic E-state index is -0.538. The van der Waals surface area contributed by atoms with Crippen LogP contribution < -0.4 is 10.6 Å². The molecular weight excluding hydrogens is 462 g/mol. The summed E-state index contributed by atoms with van der Waals surface area (Å²) in [5, 5.41) is 6.41. The molecule has 5 fully saturated rings. The maximum atomic E-state index is 12.9. The number of unbranched alkanes of at least 4 members (excludes halogenated alkanes) is 5. The molecule has 200 valence electrons. The molecule has 6 aliphatic rings. The molecule has 2 heterocycles. The zero-order valence-corrected chi connectivity index (χ0v) is 22.2. The summed E-state index contributed by atoms with van der Waals surface area (Å²) in [4.78, 5) is 38.2. The van der Waals surface area contributed by atoms with E-state index in [4.69, 9.17) is 0 Å². The highest BCUT2D eigenvalue weighted by Gasteiger charge is 2.50. The van der Waals surface area contributed by atoms with Gasteiger partial charge in [-0.15, -0.1) is 0 Å². The summed E-state index contributed by atoms with van der Waals surface area (Å²) in [6, 6.07) is 5.61. The number of rotatable bonds is 11. The van der Waals surface area contributed by atoms with E-state index in [0.29, 0.717) is 30.5 Å². The van der Waals surface area contributed by atoms with Crippen LogP contribution in [0.4, 0.5) is 0 Å². The van der Waals surface area contributed by atoms with Crippen LogP contribution in [0, 0.1) is 17.8 Å². The lowest BCUT2D eigenvalue weighted by Gasteiger charge is -2.57. The van der Waals surface area contributed by atoms with Gasteiger partial charge in [-0.3, -0.25) is 19.7 Å². The van der Waals surface area contributed by atoms with Crippen molar-refractivity contribution >= 4 is 17.7 Å². The fraction of sp³-hybridized carbons (Fsp3) is 0.710. The lowest BCUT2D eigenvalue weighted by Crippen LogP contribution is -2.58. The van der Waals surface area contributed by atoms with Crippen LogP contribution in [0.15, 0.2) is 18.2 Å². The molecule has 1 aromatic rings. The number of hydrogen-bond acceptors (Lipinski definition) is 4. The molecule has 4 saturated carbocycles. The normalized spacial score (nSPS) is 32.2. The third-order valence-corrected chi connectivity index (χ3v) is 10.0. The van der Waals surface area contributed by atoms with Crippen molar-refractivity contribution < 1.29 is 14.4 Å². The standard InChI is InChI=1S/C31H43N3O3/c35-28-11-10-27(29(36)33-28)34-20-25-16-21(8-9-26(25)30(34)37)7-5-3-1-2-4-6-12-32-31-17-22-13-23(18-31)15-24(14-22)19-31/h8-9,16,22-24,27,32H,1-7,10-15,17-20H2,(H,33,35,36). The second kappa shape index (κ2) is 10.5. The van der Waals surface area contributed by atoms with E-state index < -0.39 is 6.04 Å². The van der Waals surface area contributed by atoms with Crippen molar-refractivity contribution in [2.24, 2.45) is 17.8 Å². The molecule has 0 aromatic heterocycles. The number of carbonyl (C=O) groups is 3. The van der Waals surface area contributed by atoms with Gasteiger partial charge < -0.3 is 10.2 Å². The number of hydrogen-bond donors (Lipinski definition) is 2. The van der Waals surface area contributed by atoms with Crippen LogP contribution in [0.1, 0.15) is 111 Å². The Kier molecular flexibility index (Phi) is 7.13. The van der Waals surface area contributed by atoms with Gasteiger partial charge in [0.1, 0.15) is 6.04 Å². The molecule has 4 aliphatic carbocycles. The van der Waals surface area contributed by atoms with Gasteiger partial charge in [0, 0.05) is 24.1 Å². The minimum Gasteiger partial charge on any atom is -0.322 e. The molecule has 37 heavy (non-hydrogen) atoms. The quantitative estimate of drug-likeness (QED) is 0.332. The number of benzene rings is 1. The number of piperidine rings is 1. The summed E-state index contributed by atoms with van der Waals surface area (Å²) < 4.78 is 0. The van der Waals surface area contributed by atoms with Gasteiger partial charge in [0.05, 0.1) is 0 Å². The first-order valence-electron chi connectivity index (χ1n) is 15.0. The van der Waals surface area contributed by atoms with E-state index in [0.717, 1.165) is 29.7 Å². The van der Waals surface area contributed by atoms with Crippen molar-refractivity contribution in [3.8, 4) is 0 Å². The molecule has 2 aliphatic heterocycles. The van der Waals surface area contributed by atoms with Crippen LogP contribution in [0.2, 0.25) is 0 Å². The Bertz CT molecular complexity index is 1010. The van der Waals surface area contributed by atoms with Crippen molar-refractivity contribution in [2.45, 2.75) is 114 Å². The van der Waals surface area contributed by atoms with Gasteiger partial charge in [-0.2, -0.15) is 0 Å². The highest BCUT2D eigenvalue weighted by atomic mass is 16.2. The summed E-state index contributed by atoms with van der Waals surface area (Å²) in [6.45, 7) is 1.67. The van der Waals surface area contributed by atoms with Crippen LogP contribution in [-0.2, 0) is 22.6 Å². The maximum absolute atomic E-state index is 12.9. The molecule has 1 aromatic carbocycles. The number of nitrogens with one attached hydrogen (secondary N) is 2. The highest BCUT2D eigenvalue weighted by molar-refractivity contribution is 6.05. The van der Waals surface area contributed by atoms with E-state index in [1.165, 1.54) is 89.2 Å². The largest absolute Gasteiger partial charge is 0.322 e. The lowest BCUT2D eigenvalue weighted by molar-refractivity contribution is -0.136. The molecule has 3 amide bonds. The summed E-state index contributed by atoms with van der Waals surface area (Å²) >= 11 is 0. The van der Waals surface area contributed by atoms with Crippen LogP contribution >= 0.6 is 0 Å². The van der Waals surface area contributed by atoms with Crippen LogP contribution in [0.25, 0.3) is 0 Å². The van der Waals surface area contributed by atoms with E-state index in [1.807, 2.05) is 6.07 Å². The molecule has 1 atom stereocenters. The van der Waals surface area contributed by atoms with Gasteiger partial charge in [-0.25, -0.2) is 0 Å². The van der Waals surface area contributed by atoms with E-state index in [2.05, 4.69) is 22.8 Å². The molecule has 6 nitrogen and oxygen atoms in total. The van der Waals surface area contributed by atoms with Crippen LogP contribution in [-0.4, -0.2) is 40.7 Å². The average Bonchev–Trinajstić information content (AvgIpc) is 3.17. The third-order valence-electron chi connectivity index (χ3n) is 10.0. The Hall–Kier alpha value is -2.21. The second-order valence-electron chi connectivity index (χ2n) is 12.9. The Morgan fingerprint density at radius 1 is 0.892 bits per heavy atom. The van der Waals surface area contributed by atoms with Gasteiger partial charge in [-0.1, -0.05) is 37.8 Å². The van der Waals surface area contributed by atoms with Crippen molar-refractivity contribution in [3.63, 3.8) is 0 Å². The van der Waals surface area contributed by atoms with Gasteiger partial charge in [-0.05, 0) is 106 Å². The number of imide groups is 1. The third kappa shape index (κ3) is 5.36. The van der Waals surface area contributed by atoms with E-state index in [9.17, 15) is 14.4 Å². The number of carbonyl (C=O) groups excluding carboxylic acids is 3. The molecule has 0 radical (unpaired) electrons. The number of nitrogens with zero attached hydrogens (tertiary/aromatic N) is 1. The Morgan fingerprint density at radius 2 is 1.57 bits per heavy atom. The fourth-order valence-electron chi connectivity index (χ4n) is 8.63. The second-order valence-corrected chi connectivity index (χ2v) is 12.9. The first-order valence-corrected chi connectivity index (χ1v) is 15.0. The molecule has 2 N–H and O–H groups in total. The SMILES string of the molecule is O=C1CCC(N2Cc3cc(CCCCCCCCNC45CC6CC(CC(C6)C4)C5)ccc3C2=O)C(=O)N1. The summed E-state index contributed by atoms with van der Waals surface area (Å²) in [7, 11) is 0. The molecule has 0 spiro atoms. The predicted molar refractivity (Wildman–Crippen MR) is 143 cm³/mol. The summed E-state index contributed by atoms with van der Waals surface area (Å²) in [6.07, 6.45) is 18.3. The fourth-order valence-corrected chi connectivity index (χ4v) is 8.63. The zero-order chi connectivity index (χ0) is 25.4. The monoisotopic (exact) mass is 505 g/mol. The number of aryl methyl sites for hydroxylation is 1. The maximum Gasteiger partial charge on any atom is 0.255 e. The topological polar surface area (TPSA) is 78.5 Å². The Labute approximate surface area is 221 Å². The van der Waals surface area contributed by atoms with Gasteiger partial charge >= 0.3 is 0 Å². The molecule has 7 rings (SSSR count). The average molecular weight is 506 g/mol. The van der Waals surface area contributed by atoms with Crippen molar-refractivity contribution in [1.29, 1.82) is 0 Å². The highest BCUT2D eigenvalue weighted by Crippen LogP contribution is 2.55. The van der Waals surface area contributed by atoms with Gasteiger partial charge in [0.2, 0.25) is 11.8 Å².